The molecule has 1 atom stereocenters. The molecule has 1 unspecified atom stereocenters. The smallest absolute Gasteiger partial charge is 0.418 e. The highest BCUT2D eigenvalue weighted by molar-refractivity contribution is 6.42. The molecule has 3 aromatic carbocycles. The van der Waals surface area contributed by atoms with Crippen LogP contribution < -0.4 is 14.4 Å². The number of nitrogens with zero attached hydrogens (tertiary/aromatic N) is 1. The number of alkyl halides is 3. The highest BCUT2D eigenvalue weighted by atomic mass is 35.5. The minimum atomic E-state index is -4.80. The Morgan fingerprint density at radius 1 is 0.974 bits per heavy atom. The third-order valence-electron chi connectivity index (χ3n) is 6.43. The summed E-state index contributed by atoms with van der Waals surface area (Å²) < 4.78 is 53.3. The first-order chi connectivity index (χ1) is 18.5. The Labute approximate surface area is 236 Å². The number of amides is 1. The Kier molecular flexibility index (Phi) is 10.5. The molecule has 3 rings (SSSR count). The molecule has 5 nitrogen and oxygen atoms in total. The van der Waals surface area contributed by atoms with Gasteiger partial charge in [-0.1, -0.05) is 53.9 Å². The molecular weight excluding hydrogens is 554 g/mol. The molecule has 0 aliphatic heterocycles. The third-order valence-corrected chi connectivity index (χ3v) is 7.16. The van der Waals surface area contributed by atoms with E-state index < -0.39 is 29.3 Å². The molecule has 39 heavy (non-hydrogen) atoms. The number of unbranched alkanes of at least 4 members (excludes halogenated alkanes) is 1. The van der Waals surface area contributed by atoms with Crippen molar-refractivity contribution in [3.05, 3.63) is 86.9 Å². The number of aryl methyl sites for hydroxylation is 1. The number of rotatable bonds is 11. The molecule has 0 aliphatic rings. The molecule has 10 heteroatoms. The fourth-order valence-electron chi connectivity index (χ4n) is 4.32. The summed E-state index contributed by atoms with van der Waals surface area (Å²) in [5.74, 6) is -0.256. The van der Waals surface area contributed by atoms with Gasteiger partial charge in [0.25, 0.3) is 0 Å². The largest absolute Gasteiger partial charge is 0.497 e. The van der Waals surface area contributed by atoms with Crippen molar-refractivity contribution in [2.45, 2.75) is 44.8 Å². The minimum Gasteiger partial charge on any atom is -0.497 e. The van der Waals surface area contributed by atoms with E-state index >= 15 is 0 Å². The molecule has 3 aromatic rings. The van der Waals surface area contributed by atoms with Crippen LogP contribution in [0.5, 0.6) is 11.5 Å². The Morgan fingerprint density at radius 2 is 1.64 bits per heavy atom. The zero-order valence-electron chi connectivity index (χ0n) is 21.8. The number of halogens is 5. The fraction of sp³-hybridized carbons (Fsp3) is 0.345. The van der Waals surface area contributed by atoms with Gasteiger partial charge in [0.2, 0.25) is 5.91 Å². The predicted molar refractivity (Wildman–Crippen MR) is 147 cm³/mol. The van der Waals surface area contributed by atoms with Crippen LogP contribution in [0.3, 0.4) is 0 Å². The second-order valence-electron chi connectivity index (χ2n) is 9.05. The van der Waals surface area contributed by atoms with Crippen molar-refractivity contribution < 1.29 is 32.5 Å². The van der Waals surface area contributed by atoms with Crippen molar-refractivity contribution in [3.63, 3.8) is 0 Å². The lowest BCUT2D eigenvalue weighted by molar-refractivity contribution is -0.137. The van der Waals surface area contributed by atoms with Gasteiger partial charge in [0.05, 0.1) is 48.0 Å². The summed E-state index contributed by atoms with van der Waals surface area (Å²) >= 11 is 12.2. The summed E-state index contributed by atoms with van der Waals surface area (Å²) in [5.41, 5.74) is 0.549. The van der Waals surface area contributed by atoms with Crippen LogP contribution in [0.4, 0.5) is 18.9 Å². The van der Waals surface area contributed by atoms with Crippen molar-refractivity contribution in [2.75, 3.05) is 25.7 Å². The van der Waals surface area contributed by atoms with Crippen LogP contribution in [0.2, 0.25) is 10.0 Å². The van der Waals surface area contributed by atoms with E-state index in [9.17, 15) is 23.1 Å². The Bertz CT molecular complexity index is 1280. The topological polar surface area (TPSA) is 59.0 Å². The summed E-state index contributed by atoms with van der Waals surface area (Å²) in [5, 5.41) is 8.96. The van der Waals surface area contributed by atoms with Crippen LogP contribution in [0.15, 0.2) is 54.6 Å². The molecular formula is C29H30Cl2F3NO4. The third kappa shape index (κ3) is 7.59. The minimum absolute atomic E-state index is 0.0707. The van der Waals surface area contributed by atoms with Crippen molar-refractivity contribution in [3.8, 4) is 11.5 Å². The number of aliphatic hydroxyl groups excluding tert-OH is 1. The number of benzene rings is 3. The fourth-order valence-corrected chi connectivity index (χ4v) is 4.64. The second kappa shape index (κ2) is 13.4. The SMILES string of the molecule is COc1ccc(CN(C(=O)C(CCCCO)c2ccc(C)c(OC)c2)c2cc(Cl)c(Cl)cc2C(F)(F)F)cc1. The van der Waals surface area contributed by atoms with E-state index in [1.54, 1.807) is 42.5 Å². The van der Waals surface area contributed by atoms with E-state index in [2.05, 4.69) is 0 Å². The van der Waals surface area contributed by atoms with E-state index in [0.29, 0.717) is 41.9 Å². The van der Waals surface area contributed by atoms with Crippen LogP contribution in [0.25, 0.3) is 0 Å². The molecule has 210 valence electrons. The van der Waals surface area contributed by atoms with E-state index in [4.69, 9.17) is 32.7 Å². The number of ether oxygens (including phenoxy) is 2. The highest BCUT2D eigenvalue weighted by Crippen LogP contribution is 2.43. The quantitative estimate of drug-likeness (QED) is 0.234. The summed E-state index contributed by atoms with van der Waals surface area (Å²) in [7, 11) is 3.01. The molecule has 0 aromatic heterocycles. The van der Waals surface area contributed by atoms with Gasteiger partial charge >= 0.3 is 6.18 Å². The van der Waals surface area contributed by atoms with Crippen molar-refractivity contribution in [2.24, 2.45) is 0 Å². The van der Waals surface area contributed by atoms with E-state index in [1.807, 2.05) is 6.92 Å². The summed E-state index contributed by atoms with van der Waals surface area (Å²) in [6.45, 7) is 1.62. The number of hydrogen-bond donors (Lipinski definition) is 1. The van der Waals surface area contributed by atoms with Crippen LogP contribution in [0.1, 0.15) is 47.4 Å². The number of anilines is 1. The summed E-state index contributed by atoms with van der Waals surface area (Å²) in [6.07, 6.45) is -3.59. The molecule has 1 N–H and O–H groups in total. The molecule has 0 heterocycles. The lowest BCUT2D eigenvalue weighted by atomic mass is 9.90. The van der Waals surface area contributed by atoms with Crippen molar-refractivity contribution in [1.82, 2.24) is 0 Å². The van der Waals surface area contributed by atoms with Gasteiger partial charge in [-0.05, 0) is 66.8 Å². The van der Waals surface area contributed by atoms with Gasteiger partial charge in [-0.25, -0.2) is 0 Å². The lowest BCUT2D eigenvalue weighted by Crippen LogP contribution is -2.36. The maximum atomic E-state index is 14.3. The first kappa shape index (κ1) is 30.6. The predicted octanol–water partition coefficient (Wildman–Crippen LogP) is 7.82. The highest BCUT2D eigenvalue weighted by Gasteiger charge is 2.38. The maximum absolute atomic E-state index is 14.3. The molecule has 0 radical (unpaired) electrons. The van der Waals surface area contributed by atoms with Crippen LogP contribution in [-0.4, -0.2) is 31.8 Å². The Balaban J connectivity index is 2.19. The Morgan fingerprint density at radius 3 is 2.23 bits per heavy atom. The van der Waals surface area contributed by atoms with Gasteiger partial charge in [0.1, 0.15) is 11.5 Å². The van der Waals surface area contributed by atoms with Gasteiger partial charge in [-0.2, -0.15) is 13.2 Å². The number of methoxy groups -OCH3 is 2. The number of hydrogen-bond acceptors (Lipinski definition) is 4. The van der Waals surface area contributed by atoms with Crippen LogP contribution in [-0.2, 0) is 17.5 Å². The van der Waals surface area contributed by atoms with Crippen LogP contribution >= 0.6 is 23.2 Å². The zero-order valence-corrected chi connectivity index (χ0v) is 23.3. The van der Waals surface area contributed by atoms with Gasteiger partial charge in [-0.3, -0.25) is 4.79 Å². The van der Waals surface area contributed by atoms with Crippen molar-refractivity contribution >= 4 is 34.8 Å². The first-order valence-corrected chi connectivity index (χ1v) is 13.0. The standard InChI is InChI=1S/C29H30Cl2F3NO4/c1-18-7-10-20(14-27(18)39-3)22(6-4-5-13-36)28(37)35(17-19-8-11-21(38-2)12-9-19)26-16-25(31)24(30)15-23(26)29(32,33)34/h7-12,14-16,22,36H,4-6,13,17H2,1-3H3. The Hall–Kier alpha value is -2.94. The number of carbonyl (C=O) groups is 1. The van der Waals surface area contributed by atoms with E-state index in [0.717, 1.165) is 22.6 Å². The zero-order chi connectivity index (χ0) is 28.7. The average Bonchev–Trinajstić information content (AvgIpc) is 2.91. The molecule has 0 saturated carbocycles. The monoisotopic (exact) mass is 583 g/mol. The van der Waals surface area contributed by atoms with E-state index in [1.165, 1.54) is 14.2 Å². The lowest BCUT2D eigenvalue weighted by Gasteiger charge is -2.31. The first-order valence-electron chi connectivity index (χ1n) is 12.3. The van der Waals surface area contributed by atoms with Gasteiger partial charge in [0, 0.05) is 6.61 Å². The normalized spacial score (nSPS) is 12.2. The summed E-state index contributed by atoms with van der Waals surface area (Å²) in [6, 6.07) is 13.8. The van der Waals surface area contributed by atoms with Gasteiger partial charge in [0.15, 0.2) is 0 Å². The molecule has 0 saturated heterocycles. The molecule has 0 spiro atoms. The molecule has 1 amide bonds. The maximum Gasteiger partial charge on any atom is 0.418 e. The second-order valence-corrected chi connectivity index (χ2v) is 9.87. The molecule has 0 bridgehead atoms. The van der Waals surface area contributed by atoms with Gasteiger partial charge < -0.3 is 19.5 Å². The average molecular weight is 584 g/mol. The van der Waals surface area contributed by atoms with Crippen molar-refractivity contribution in [1.29, 1.82) is 0 Å². The van der Waals surface area contributed by atoms with Crippen LogP contribution in [0, 0.1) is 6.92 Å². The number of aliphatic hydroxyl groups is 1. The molecule has 0 fully saturated rings. The summed E-state index contributed by atoms with van der Waals surface area (Å²) in [4.78, 5) is 15.4. The van der Waals surface area contributed by atoms with Gasteiger partial charge in [-0.15, -0.1) is 0 Å². The van der Waals surface area contributed by atoms with E-state index in [-0.39, 0.29) is 23.2 Å². The molecule has 0 aliphatic carbocycles. The number of carbonyl (C=O) groups excluding carboxylic acids is 1.